The summed E-state index contributed by atoms with van der Waals surface area (Å²) in [5.41, 5.74) is 17.1. The Morgan fingerprint density at radius 2 is 1.94 bits per heavy atom. The highest BCUT2D eigenvalue weighted by Crippen LogP contribution is 2.51. The van der Waals surface area contributed by atoms with Crippen molar-refractivity contribution in [2.45, 2.75) is 62.3 Å². The molecule has 2 saturated carbocycles. The Labute approximate surface area is 107 Å². The quantitative estimate of drug-likeness (QED) is 0.521. The second-order valence-corrected chi connectivity index (χ2v) is 6.56. The molecule has 102 valence electrons. The van der Waals surface area contributed by atoms with Crippen LogP contribution in [-0.4, -0.2) is 29.2 Å². The standard InChI is InChI=1S/C13H23N3O2/c1-7-12(15)5-8-2-3-10(14)4-9(8)6-13(12,16)11(17)18-7/h7-10H,2-6,14-16H2,1H3/t7?,8?,9?,10-,12?,13?/m1/s1. The van der Waals surface area contributed by atoms with E-state index in [1.807, 2.05) is 6.92 Å². The predicted octanol–water partition coefficient (Wildman–Crippen LogP) is -0.136. The molecule has 18 heavy (non-hydrogen) atoms. The Hall–Kier alpha value is -0.650. The third-order valence-corrected chi connectivity index (χ3v) is 5.57. The van der Waals surface area contributed by atoms with Crippen molar-refractivity contribution < 1.29 is 9.53 Å². The molecule has 0 aromatic carbocycles. The first-order valence-electron chi connectivity index (χ1n) is 6.91. The first-order valence-corrected chi connectivity index (χ1v) is 6.91. The minimum atomic E-state index is -1.01. The summed E-state index contributed by atoms with van der Waals surface area (Å²) in [5.74, 6) is 0.645. The molecule has 3 fully saturated rings. The summed E-state index contributed by atoms with van der Waals surface area (Å²) in [7, 11) is 0. The predicted molar refractivity (Wildman–Crippen MR) is 67.4 cm³/mol. The molecule has 1 saturated heterocycles. The van der Waals surface area contributed by atoms with Gasteiger partial charge in [-0.25, -0.2) is 4.79 Å². The fourth-order valence-corrected chi connectivity index (χ4v) is 4.27. The van der Waals surface area contributed by atoms with Crippen molar-refractivity contribution in [1.82, 2.24) is 0 Å². The summed E-state index contributed by atoms with van der Waals surface area (Å²) in [6.07, 6.45) is 4.24. The van der Waals surface area contributed by atoms with Gasteiger partial charge in [-0.1, -0.05) is 0 Å². The highest BCUT2D eigenvalue weighted by molar-refractivity contribution is 5.86. The van der Waals surface area contributed by atoms with Crippen molar-refractivity contribution in [2.75, 3.05) is 0 Å². The van der Waals surface area contributed by atoms with Crippen molar-refractivity contribution in [3.05, 3.63) is 0 Å². The van der Waals surface area contributed by atoms with Gasteiger partial charge in [0.05, 0.1) is 5.54 Å². The SMILES string of the molecule is CC1OC(=O)C2(N)CC3C[C@H](N)CCC3CC12N. The first kappa shape index (κ1) is 12.4. The van der Waals surface area contributed by atoms with Gasteiger partial charge in [0.1, 0.15) is 11.6 Å². The molecule has 5 heteroatoms. The number of fused-ring (bicyclic) bond motifs is 2. The molecule has 5 nitrogen and oxygen atoms in total. The molecule has 1 heterocycles. The van der Waals surface area contributed by atoms with Crippen LogP contribution in [0.4, 0.5) is 0 Å². The summed E-state index contributed by atoms with van der Waals surface area (Å²) in [6.45, 7) is 1.86. The van der Waals surface area contributed by atoms with E-state index in [1.165, 1.54) is 0 Å². The topological polar surface area (TPSA) is 104 Å². The number of cyclic esters (lactones) is 1. The van der Waals surface area contributed by atoms with E-state index < -0.39 is 11.1 Å². The second-order valence-electron chi connectivity index (χ2n) is 6.56. The minimum absolute atomic E-state index is 0.245. The smallest absolute Gasteiger partial charge is 0.328 e. The zero-order valence-electron chi connectivity index (χ0n) is 10.9. The van der Waals surface area contributed by atoms with Crippen LogP contribution in [0.2, 0.25) is 0 Å². The van der Waals surface area contributed by atoms with E-state index in [4.69, 9.17) is 21.9 Å². The summed E-state index contributed by atoms with van der Waals surface area (Å²) in [6, 6.07) is 0.245. The van der Waals surface area contributed by atoms with Crippen molar-refractivity contribution in [1.29, 1.82) is 0 Å². The van der Waals surface area contributed by atoms with Crippen LogP contribution in [0.1, 0.15) is 39.0 Å². The van der Waals surface area contributed by atoms with E-state index in [9.17, 15) is 4.79 Å². The van der Waals surface area contributed by atoms with Crippen molar-refractivity contribution >= 4 is 5.97 Å². The van der Waals surface area contributed by atoms with E-state index in [2.05, 4.69) is 0 Å². The number of rotatable bonds is 0. The van der Waals surface area contributed by atoms with Gasteiger partial charge in [-0.3, -0.25) is 0 Å². The van der Waals surface area contributed by atoms with E-state index in [0.29, 0.717) is 18.3 Å². The molecule has 1 aliphatic heterocycles. The lowest BCUT2D eigenvalue weighted by atomic mass is 9.56. The van der Waals surface area contributed by atoms with E-state index in [0.717, 1.165) is 25.7 Å². The van der Waals surface area contributed by atoms with Gasteiger partial charge in [0.15, 0.2) is 0 Å². The van der Waals surface area contributed by atoms with Crippen LogP contribution in [0, 0.1) is 11.8 Å². The van der Waals surface area contributed by atoms with Crippen molar-refractivity contribution in [3.8, 4) is 0 Å². The van der Waals surface area contributed by atoms with E-state index in [1.54, 1.807) is 0 Å². The number of carbonyl (C=O) groups excluding carboxylic acids is 1. The van der Waals surface area contributed by atoms with Crippen LogP contribution in [0.25, 0.3) is 0 Å². The molecule has 0 amide bonds. The normalized spacial score (nSPS) is 55.7. The lowest BCUT2D eigenvalue weighted by molar-refractivity contribution is -0.145. The minimum Gasteiger partial charge on any atom is -0.459 e. The number of esters is 1. The van der Waals surface area contributed by atoms with Crippen molar-refractivity contribution in [2.24, 2.45) is 29.0 Å². The zero-order valence-corrected chi connectivity index (χ0v) is 10.9. The number of hydrogen-bond acceptors (Lipinski definition) is 5. The number of carbonyl (C=O) groups is 1. The lowest BCUT2D eigenvalue weighted by Crippen LogP contribution is -2.72. The molecule has 0 aromatic heterocycles. The molecular formula is C13H23N3O2. The Morgan fingerprint density at radius 3 is 2.67 bits per heavy atom. The molecular weight excluding hydrogens is 230 g/mol. The molecule has 0 bridgehead atoms. The lowest BCUT2D eigenvalue weighted by Gasteiger charge is -2.51. The summed E-state index contributed by atoms with van der Waals surface area (Å²) < 4.78 is 5.33. The van der Waals surface area contributed by atoms with Gasteiger partial charge in [0.2, 0.25) is 0 Å². The maximum atomic E-state index is 12.0. The third-order valence-electron chi connectivity index (χ3n) is 5.57. The maximum Gasteiger partial charge on any atom is 0.328 e. The highest BCUT2D eigenvalue weighted by atomic mass is 16.6. The van der Waals surface area contributed by atoms with Crippen LogP contribution >= 0.6 is 0 Å². The fourth-order valence-electron chi connectivity index (χ4n) is 4.27. The highest BCUT2D eigenvalue weighted by Gasteiger charge is 2.66. The molecule has 0 radical (unpaired) electrons. The van der Waals surface area contributed by atoms with Gasteiger partial charge >= 0.3 is 5.97 Å². The van der Waals surface area contributed by atoms with Crippen LogP contribution < -0.4 is 17.2 Å². The number of hydrogen-bond donors (Lipinski definition) is 3. The summed E-state index contributed by atoms with van der Waals surface area (Å²) in [5, 5.41) is 0. The molecule has 5 unspecified atom stereocenters. The Morgan fingerprint density at radius 1 is 1.22 bits per heavy atom. The molecule has 3 rings (SSSR count). The molecule has 6 N–H and O–H groups in total. The molecule has 6 atom stereocenters. The average Bonchev–Trinajstić information content (AvgIpc) is 2.46. The van der Waals surface area contributed by atoms with Gasteiger partial charge in [0.25, 0.3) is 0 Å². The molecule has 2 aliphatic carbocycles. The third kappa shape index (κ3) is 1.41. The van der Waals surface area contributed by atoms with Crippen LogP contribution in [0.3, 0.4) is 0 Å². The van der Waals surface area contributed by atoms with Gasteiger partial charge < -0.3 is 21.9 Å². The number of nitrogens with two attached hydrogens (primary N) is 3. The van der Waals surface area contributed by atoms with E-state index in [-0.39, 0.29) is 18.1 Å². The molecule has 0 aromatic rings. The number of ether oxygens (including phenoxy) is 1. The van der Waals surface area contributed by atoms with Gasteiger partial charge in [-0.2, -0.15) is 0 Å². The van der Waals surface area contributed by atoms with E-state index >= 15 is 0 Å². The monoisotopic (exact) mass is 253 g/mol. The largest absolute Gasteiger partial charge is 0.459 e. The summed E-state index contributed by atoms with van der Waals surface area (Å²) in [4.78, 5) is 12.0. The maximum absolute atomic E-state index is 12.0. The zero-order chi connectivity index (χ0) is 13.1. The fraction of sp³-hybridized carbons (Fsp3) is 0.923. The molecule has 0 spiro atoms. The van der Waals surface area contributed by atoms with Crippen LogP contribution in [0.15, 0.2) is 0 Å². The first-order chi connectivity index (χ1) is 8.37. The van der Waals surface area contributed by atoms with Crippen molar-refractivity contribution in [3.63, 3.8) is 0 Å². The van der Waals surface area contributed by atoms with Gasteiger partial charge in [0, 0.05) is 6.04 Å². The Balaban J connectivity index is 1.92. The van der Waals surface area contributed by atoms with Gasteiger partial charge in [-0.15, -0.1) is 0 Å². The van der Waals surface area contributed by atoms with Gasteiger partial charge in [-0.05, 0) is 50.9 Å². The Bertz CT molecular complexity index is 388. The Kier molecular flexibility index (Phi) is 2.53. The summed E-state index contributed by atoms with van der Waals surface area (Å²) >= 11 is 0. The van der Waals surface area contributed by atoms with Crippen LogP contribution in [0.5, 0.6) is 0 Å². The molecule has 3 aliphatic rings. The average molecular weight is 253 g/mol. The van der Waals surface area contributed by atoms with Crippen LogP contribution in [-0.2, 0) is 9.53 Å². The second kappa shape index (κ2) is 3.68.